The summed E-state index contributed by atoms with van der Waals surface area (Å²) in [6.45, 7) is 0.267. The summed E-state index contributed by atoms with van der Waals surface area (Å²) in [5.41, 5.74) is 10.2. The Morgan fingerprint density at radius 1 is 1.58 bits per heavy atom. The van der Waals surface area contributed by atoms with E-state index in [0.717, 1.165) is 0 Å². The molecule has 0 aliphatic heterocycles. The second kappa shape index (κ2) is 3.46. The minimum absolute atomic E-state index is 0.230. The van der Waals surface area contributed by atoms with Crippen LogP contribution in [0.4, 0.5) is 4.79 Å². The molecule has 0 aromatic carbocycles. The molecule has 0 saturated heterocycles. The molecule has 1 rings (SSSR count). The maximum absolute atomic E-state index is 10.3. The monoisotopic (exact) mass is 169 g/mol. The van der Waals surface area contributed by atoms with Crippen LogP contribution in [-0.2, 0) is 6.54 Å². The maximum atomic E-state index is 10.3. The van der Waals surface area contributed by atoms with Gasteiger partial charge >= 0.3 is 6.03 Å². The molecule has 0 spiro atoms. The zero-order valence-corrected chi connectivity index (χ0v) is 6.27. The molecule has 0 fully saturated rings. The Morgan fingerprint density at radius 2 is 2.33 bits per heavy atom. The smallest absolute Gasteiger partial charge is 0.321 e. The summed E-state index contributed by atoms with van der Waals surface area (Å²) in [5.74, 6) is 0.230. The summed E-state index contributed by atoms with van der Waals surface area (Å²) in [6.07, 6.45) is 2.85. The number of amides is 2. The van der Waals surface area contributed by atoms with Gasteiger partial charge in [-0.25, -0.2) is 19.5 Å². The van der Waals surface area contributed by atoms with Crippen molar-refractivity contribution in [2.24, 2.45) is 11.5 Å². The standard InChI is InChI=1S/C5H8N6O/c6-4(10-5(7)12)1-11-3-8-2-9-11/h2-3H,1H2,(H4,6,7,10,12)/p+1. The van der Waals surface area contributed by atoms with Gasteiger partial charge in [-0.05, 0) is 0 Å². The van der Waals surface area contributed by atoms with Crippen molar-refractivity contribution in [3.05, 3.63) is 12.7 Å². The SMILES string of the molecule is NC(=O)[NH+]=C(N)Cn1cncn1. The number of hydrogen-bond acceptors (Lipinski definition) is 3. The van der Waals surface area contributed by atoms with Crippen molar-refractivity contribution in [3.63, 3.8) is 0 Å². The first kappa shape index (κ1) is 8.18. The Morgan fingerprint density at radius 3 is 2.83 bits per heavy atom. The lowest BCUT2D eigenvalue weighted by atomic mass is 10.6. The summed E-state index contributed by atoms with van der Waals surface area (Å²) in [5, 5.41) is 3.78. The number of carbonyl (C=O) groups is 1. The number of rotatable bonds is 2. The van der Waals surface area contributed by atoms with Crippen LogP contribution in [0.15, 0.2) is 12.7 Å². The average Bonchev–Trinajstić information content (AvgIpc) is 2.37. The molecule has 0 saturated carbocycles. The van der Waals surface area contributed by atoms with E-state index in [4.69, 9.17) is 11.5 Å². The molecular formula is C5H9N6O+. The van der Waals surface area contributed by atoms with E-state index in [1.165, 1.54) is 17.3 Å². The van der Waals surface area contributed by atoms with Crippen LogP contribution in [-0.4, -0.2) is 26.6 Å². The predicted molar refractivity (Wildman–Crippen MR) is 39.8 cm³/mol. The second-order valence-corrected chi connectivity index (χ2v) is 2.11. The minimum Gasteiger partial charge on any atom is -0.321 e. The van der Waals surface area contributed by atoms with Gasteiger partial charge in [0.25, 0.3) is 0 Å². The minimum atomic E-state index is -0.687. The van der Waals surface area contributed by atoms with Crippen LogP contribution in [0, 0.1) is 0 Å². The van der Waals surface area contributed by atoms with E-state index in [1.54, 1.807) is 0 Å². The number of nitrogens with zero attached hydrogens (tertiary/aromatic N) is 3. The first-order chi connectivity index (χ1) is 5.68. The molecule has 1 aromatic rings. The lowest BCUT2D eigenvalue weighted by Gasteiger charge is -1.94. The number of primary amides is 1. The van der Waals surface area contributed by atoms with Crippen LogP contribution in [0.2, 0.25) is 0 Å². The highest BCUT2D eigenvalue weighted by molar-refractivity contribution is 5.78. The van der Waals surface area contributed by atoms with Crippen molar-refractivity contribution in [2.75, 3.05) is 0 Å². The number of aromatic nitrogens is 3. The Balaban J connectivity index is 2.58. The summed E-state index contributed by atoms with van der Waals surface area (Å²) in [6, 6.07) is -0.687. The number of hydrogen-bond donors (Lipinski definition) is 3. The topological polar surface area (TPSA) is 114 Å². The molecule has 1 aromatic heterocycles. The number of carbonyl (C=O) groups excluding carboxylic acids is 1. The molecule has 0 atom stereocenters. The van der Waals surface area contributed by atoms with E-state index in [-0.39, 0.29) is 12.4 Å². The molecule has 0 aliphatic carbocycles. The normalized spacial score (nSPS) is 11.5. The molecule has 0 bridgehead atoms. The summed E-state index contributed by atoms with van der Waals surface area (Å²) < 4.78 is 1.46. The summed E-state index contributed by atoms with van der Waals surface area (Å²) in [7, 11) is 0. The number of urea groups is 1. The van der Waals surface area contributed by atoms with Crippen LogP contribution in [0.25, 0.3) is 0 Å². The van der Waals surface area contributed by atoms with Gasteiger partial charge < -0.3 is 5.73 Å². The fourth-order valence-corrected chi connectivity index (χ4v) is 0.687. The highest BCUT2D eigenvalue weighted by atomic mass is 16.2. The molecule has 7 heteroatoms. The van der Waals surface area contributed by atoms with Gasteiger partial charge in [-0.15, -0.1) is 0 Å². The second-order valence-electron chi connectivity index (χ2n) is 2.11. The van der Waals surface area contributed by atoms with Crippen molar-refractivity contribution in [2.45, 2.75) is 6.54 Å². The van der Waals surface area contributed by atoms with Gasteiger partial charge in [0.05, 0.1) is 0 Å². The van der Waals surface area contributed by atoms with E-state index >= 15 is 0 Å². The number of nitrogens with one attached hydrogen (secondary N) is 1. The molecule has 0 aliphatic rings. The van der Waals surface area contributed by atoms with Gasteiger partial charge in [-0.2, -0.15) is 5.10 Å². The van der Waals surface area contributed by atoms with Crippen molar-refractivity contribution < 1.29 is 9.79 Å². The first-order valence-electron chi connectivity index (χ1n) is 3.18. The first-order valence-corrected chi connectivity index (χ1v) is 3.18. The molecule has 64 valence electrons. The zero-order valence-electron chi connectivity index (χ0n) is 6.27. The van der Waals surface area contributed by atoms with Crippen LogP contribution < -0.4 is 16.5 Å². The van der Waals surface area contributed by atoms with Crippen molar-refractivity contribution in [1.29, 1.82) is 0 Å². The van der Waals surface area contributed by atoms with Crippen LogP contribution >= 0.6 is 0 Å². The van der Waals surface area contributed by atoms with E-state index in [0.29, 0.717) is 0 Å². The average molecular weight is 169 g/mol. The molecule has 0 unspecified atom stereocenters. The van der Waals surface area contributed by atoms with Crippen LogP contribution in [0.1, 0.15) is 0 Å². The van der Waals surface area contributed by atoms with E-state index in [9.17, 15) is 4.79 Å². The Labute approximate surface area is 68.1 Å². The van der Waals surface area contributed by atoms with Crippen LogP contribution in [0.3, 0.4) is 0 Å². The Bertz CT molecular complexity index is 289. The van der Waals surface area contributed by atoms with Crippen LogP contribution in [0.5, 0.6) is 0 Å². The lowest BCUT2D eigenvalue weighted by molar-refractivity contribution is -0.343. The molecule has 1 heterocycles. The fraction of sp³-hybridized carbons (Fsp3) is 0.200. The van der Waals surface area contributed by atoms with Gasteiger partial charge in [0, 0.05) is 0 Å². The molecule has 7 nitrogen and oxygen atoms in total. The number of nitrogens with two attached hydrogens (primary N) is 2. The molecular weight excluding hydrogens is 160 g/mol. The lowest BCUT2D eigenvalue weighted by Crippen LogP contribution is -2.82. The molecule has 5 N–H and O–H groups in total. The Hall–Kier alpha value is -1.92. The third kappa shape index (κ3) is 2.37. The van der Waals surface area contributed by atoms with E-state index in [1.807, 2.05) is 0 Å². The van der Waals surface area contributed by atoms with Crippen molar-refractivity contribution in [1.82, 2.24) is 14.8 Å². The predicted octanol–water partition coefficient (Wildman–Crippen LogP) is -3.21. The third-order valence-electron chi connectivity index (χ3n) is 1.08. The van der Waals surface area contributed by atoms with Gasteiger partial charge in [0.2, 0.25) is 5.84 Å². The van der Waals surface area contributed by atoms with Crippen molar-refractivity contribution >= 4 is 11.9 Å². The van der Waals surface area contributed by atoms with E-state index in [2.05, 4.69) is 15.1 Å². The highest BCUT2D eigenvalue weighted by Crippen LogP contribution is 1.75. The van der Waals surface area contributed by atoms with E-state index < -0.39 is 6.03 Å². The molecule has 0 radical (unpaired) electrons. The van der Waals surface area contributed by atoms with Crippen molar-refractivity contribution in [3.8, 4) is 0 Å². The van der Waals surface area contributed by atoms with Gasteiger partial charge in [0.15, 0.2) is 0 Å². The Kier molecular flexibility index (Phi) is 2.36. The fourth-order valence-electron chi connectivity index (χ4n) is 0.687. The molecule has 12 heavy (non-hydrogen) atoms. The number of amidine groups is 1. The summed E-state index contributed by atoms with van der Waals surface area (Å²) >= 11 is 0. The van der Waals surface area contributed by atoms with Gasteiger partial charge in [-0.3, -0.25) is 5.73 Å². The third-order valence-corrected chi connectivity index (χ3v) is 1.08. The molecule has 2 amide bonds. The maximum Gasteiger partial charge on any atom is 0.431 e. The summed E-state index contributed by atoms with van der Waals surface area (Å²) in [4.78, 5) is 16.2. The quantitative estimate of drug-likeness (QED) is 0.319. The zero-order chi connectivity index (χ0) is 8.97. The largest absolute Gasteiger partial charge is 0.431 e. The highest BCUT2D eigenvalue weighted by Gasteiger charge is 2.00. The van der Waals surface area contributed by atoms with Gasteiger partial charge in [0.1, 0.15) is 19.2 Å². The van der Waals surface area contributed by atoms with Gasteiger partial charge in [-0.1, -0.05) is 0 Å².